The van der Waals surface area contributed by atoms with Gasteiger partial charge in [-0.15, -0.1) is 0 Å². The molecule has 0 atom stereocenters. The van der Waals surface area contributed by atoms with Crippen molar-refractivity contribution in [3.63, 3.8) is 0 Å². The molecule has 3 aromatic rings. The number of carbonyl (C=O) groups excluding carboxylic acids is 3. The number of hydrogen-bond donors (Lipinski definition) is 3. The zero-order valence-electron chi connectivity index (χ0n) is 16.9. The fourth-order valence-electron chi connectivity index (χ4n) is 3.39. The number of benzene rings is 2. The smallest absolute Gasteiger partial charge is 0.340 e. The number of esters is 1. The van der Waals surface area contributed by atoms with Crippen molar-refractivity contribution in [3.8, 4) is 11.3 Å². The maximum atomic E-state index is 13.1. The number of rotatable bonds is 7. The first kappa shape index (κ1) is 20.9. The lowest BCUT2D eigenvalue weighted by Gasteiger charge is -2.18. The minimum atomic E-state index is -1.22. The molecular weight excluding hydrogens is 416 g/mol. The van der Waals surface area contributed by atoms with Crippen LogP contribution in [-0.2, 0) is 4.74 Å². The second-order valence-electron chi connectivity index (χ2n) is 6.94. The number of aromatic amines is 1. The number of nitrogens with one attached hydrogen (secondary N) is 2. The van der Waals surface area contributed by atoms with Crippen molar-refractivity contribution in [1.82, 2.24) is 15.3 Å². The highest BCUT2D eigenvalue weighted by Crippen LogP contribution is 2.34. The number of carboxylic acids is 1. The number of aromatic carboxylic acids is 1. The summed E-state index contributed by atoms with van der Waals surface area (Å²) < 4.78 is 5.28. The number of nitrogens with zero attached hydrogens (tertiary/aromatic N) is 2. The van der Waals surface area contributed by atoms with E-state index in [1.54, 1.807) is 19.3 Å². The number of imide groups is 1. The van der Waals surface area contributed by atoms with Gasteiger partial charge in [-0.2, -0.15) is 0 Å². The van der Waals surface area contributed by atoms with Crippen LogP contribution >= 0.6 is 0 Å². The number of carboxylic acid groups (broad SMARTS) is 1. The summed E-state index contributed by atoms with van der Waals surface area (Å²) in [6.07, 6.45) is 3.12. The van der Waals surface area contributed by atoms with E-state index in [4.69, 9.17) is 4.74 Å². The van der Waals surface area contributed by atoms with Crippen LogP contribution in [0.5, 0.6) is 0 Å². The highest BCUT2D eigenvalue weighted by atomic mass is 16.5. The molecule has 0 fully saturated rings. The predicted molar refractivity (Wildman–Crippen MR) is 113 cm³/mol. The summed E-state index contributed by atoms with van der Waals surface area (Å²) >= 11 is 0. The van der Waals surface area contributed by atoms with E-state index < -0.39 is 23.8 Å². The van der Waals surface area contributed by atoms with Gasteiger partial charge in [-0.3, -0.25) is 9.59 Å². The average molecular weight is 434 g/mol. The molecule has 0 spiro atoms. The van der Waals surface area contributed by atoms with Gasteiger partial charge in [-0.25, -0.2) is 19.5 Å². The molecule has 0 aliphatic carbocycles. The minimum absolute atomic E-state index is 0.00886. The molecule has 2 amide bonds. The van der Waals surface area contributed by atoms with Gasteiger partial charge in [0.15, 0.2) is 0 Å². The summed E-state index contributed by atoms with van der Waals surface area (Å²) in [5.41, 5.74) is 1.10. The first-order valence-electron chi connectivity index (χ1n) is 9.63. The molecular formula is C22H18N4O6. The Morgan fingerprint density at radius 2 is 1.91 bits per heavy atom. The summed E-state index contributed by atoms with van der Waals surface area (Å²) in [6, 6.07) is 8.30. The van der Waals surface area contributed by atoms with Crippen molar-refractivity contribution in [2.45, 2.75) is 0 Å². The number of likely N-dealkylation sites (N-methyl/N-ethyl adjacent to an activating group) is 1. The topological polar surface area (TPSA) is 142 Å². The van der Waals surface area contributed by atoms with E-state index in [1.807, 2.05) is 0 Å². The Balaban J connectivity index is 1.78. The molecule has 0 saturated carbocycles. The van der Waals surface area contributed by atoms with Crippen molar-refractivity contribution < 1.29 is 29.0 Å². The van der Waals surface area contributed by atoms with Crippen LogP contribution in [0.4, 0.5) is 5.69 Å². The van der Waals surface area contributed by atoms with Gasteiger partial charge in [-0.05, 0) is 37.4 Å². The van der Waals surface area contributed by atoms with Crippen LogP contribution in [0.25, 0.3) is 11.3 Å². The monoisotopic (exact) mass is 434 g/mol. The highest BCUT2D eigenvalue weighted by molar-refractivity contribution is 6.35. The number of fused-ring (bicyclic) bond motifs is 1. The number of carbonyl (C=O) groups is 4. The number of hydrogen-bond acceptors (Lipinski definition) is 7. The largest absolute Gasteiger partial charge is 0.478 e. The molecule has 0 bridgehead atoms. The van der Waals surface area contributed by atoms with Gasteiger partial charge in [-0.1, -0.05) is 6.07 Å². The summed E-state index contributed by atoms with van der Waals surface area (Å²) in [5.74, 6) is -3.30. The molecule has 1 aromatic heterocycles. The van der Waals surface area contributed by atoms with Crippen molar-refractivity contribution in [2.75, 3.05) is 25.1 Å². The summed E-state index contributed by atoms with van der Waals surface area (Å²) in [6.45, 7) is 0.511. The van der Waals surface area contributed by atoms with Crippen LogP contribution in [0.1, 0.15) is 41.4 Å². The molecule has 32 heavy (non-hydrogen) atoms. The molecule has 10 heteroatoms. The SMILES string of the molecule is CNCCOC(=O)c1cc(-c2c[nH]cn2)ccc1N1C(=O)c2ccc(C(=O)O)cc2C1=O. The standard InChI is InChI=1S/C22H18N4O6/c1-23-6-7-32-22(31)16-8-12(17-10-24-11-25-17)3-5-18(16)26-19(27)14-4-2-13(21(29)30)9-15(14)20(26)28/h2-5,8-11,23H,6-7H2,1H3,(H,24,25)(H,29,30). The Hall–Kier alpha value is -4.31. The molecule has 162 valence electrons. The maximum absolute atomic E-state index is 13.1. The second-order valence-corrected chi connectivity index (χ2v) is 6.94. The molecule has 0 unspecified atom stereocenters. The van der Waals surface area contributed by atoms with Crippen LogP contribution in [0, 0.1) is 0 Å². The molecule has 10 nitrogen and oxygen atoms in total. The van der Waals surface area contributed by atoms with Crippen LogP contribution < -0.4 is 10.2 Å². The molecule has 4 rings (SSSR count). The van der Waals surface area contributed by atoms with Crippen molar-refractivity contribution in [2.24, 2.45) is 0 Å². The van der Waals surface area contributed by atoms with Gasteiger partial charge in [0.05, 0.1) is 40.0 Å². The van der Waals surface area contributed by atoms with Gasteiger partial charge in [0.25, 0.3) is 11.8 Å². The van der Waals surface area contributed by atoms with Crippen LogP contribution in [-0.4, -0.2) is 59.0 Å². The number of ether oxygens (including phenoxy) is 1. The number of anilines is 1. The van der Waals surface area contributed by atoms with E-state index in [-0.39, 0.29) is 34.5 Å². The average Bonchev–Trinajstić information content (AvgIpc) is 3.41. The first-order valence-corrected chi connectivity index (χ1v) is 9.63. The van der Waals surface area contributed by atoms with Crippen LogP contribution in [0.15, 0.2) is 48.9 Å². The van der Waals surface area contributed by atoms with Gasteiger partial charge in [0.2, 0.25) is 0 Å². The van der Waals surface area contributed by atoms with E-state index in [0.29, 0.717) is 17.8 Å². The zero-order chi connectivity index (χ0) is 22.8. The number of imidazole rings is 1. The van der Waals surface area contributed by atoms with Gasteiger partial charge >= 0.3 is 11.9 Å². The molecule has 1 aliphatic rings. The van der Waals surface area contributed by atoms with Gasteiger partial charge in [0.1, 0.15) is 6.61 Å². The summed E-state index contributed by atoms with van der Waals surface area (Å²) in [5, 5.41) is 12.1. The lowest BCUT2D eigenvalue weighted by Crippen LogP contribution is -2.31. The van der Waals surface area contributed by atoms with Crippen molar-refractivity contribution >= 4 is 29.4 Å². The fraction of sp³-hybridized carbons (Fsp3) is 0.136. The molecule has 3 N–H and O–H groups in total. The lowest BCUT2D eigenvalue weighted by molar-refractivity contribution is 0.0511. The zero-order valence-corrected chi connectivity index (χ0v) is 16.9. The van der Waals surface area contributed by atoms with E-state index in [2.05, 4.69) is 15.3 Å². The summed E-state index contributed by atoms with van der Waals surface area (Å²) in [4.78, 5) is 58.0. The Morgan fingerprint density at radius 1 is 1.12 bits per heavy atom. The Morgan fingerprint density at radius 3 is 2.59 bits per heavy atom. The Kier molecular flexibility index (Phi) is 5.52. The number of aromatic nitrogens is 2. The minimum Gasteiger partial charge on any atom is -0.478 e. The first-order chi connectivity index (χ1) is 15.4. The van der Waals surface area contributed by atoms with Gasteiger partial charge in [0, 0.05) is 18.3 Å². The third kappa shape index (κ3) is 3.63. The number of amides is 2. The third-order valence-corrected chi connectivity index (χ3v) is 4.97. The molecule has 1 aliphatic heterocycles. The van der Waals surface area contributed by atoms with E-state index >= 15 is 0 Å². The maximum Gasteiger partial charge on any atom is 0.340 e. The third-order valence-electron chi connectivity index (χ3n) is 4.97. The predicted octanol–water partition coefficient (Wildman–Crippen LogP) is 1.95. The van der Waals surface area contributed by atoms with E-state index in [9.17, 15) is 24.3 Å². The number of H-pyrrole nitrogens is 1. The Bertz CT molecular complexity index is 1240. The molecule has 0 saturated heterocycles. The van der Waals surface area contributed by atoms with E-state index in [0.717, 1.165) is 11.0 Å². The molecule has 2 aromatic carbocycles. The van der Waals surface area contributed by atoms with Crippen LogP contribution in [0.2, 0.25) is 0 Å². The highest BCUT2D eigenvalue weighted by Gasteiger charge is 2.39. The fourth-order valence-corrected chi connectivity index (χ4v) is 3.39. The quantitative estimate of drug-likeness (QED) is 0.291. The van der Waals surface area contributed by atoms with Crippen molar-refractivity contribution in [1.29, 1.82) is 0 Å². The van der Waals surface area contributed by atoms with Crippen molar-refractivity contribution in [3.05, 3.63) is 71.2 Å². The second kappa shape index (κ2) is 8.44. The Labute approximate surface area is 181 Å². The molecule has 2 heterocycles. The van der Waals surface area contributed by atoms with E-state index in [1.165, 1.54) is 30.6 Å². The summed E-state index contributed by atoms with van der Waals surface area (Å²) in [7, 11) is 1.71. The molecule has 0 radical (unpaired) electrons. The normalized spacial score (nSPS) is 12.7. The lowest BCUT2D eigenvalue weighted by atomic mass is 10.1. The van der Waals surface area contributed by atoms with Crippen LogP contribution in [0.3, 0.4) is 0 Å². The van der Waals surface area contributed by atoms with Gasteiger partial charge < -0.3 is 20.1 Å².